The quantitative estimate of drug-likeness (QED) is 0.241. The third-order valence-electron chi connectivity index (χ3n) is 7.64. The van der Waals surface area contributed by atoms with Crippen molar-refractivity contribution in [3.8, 4) is 17.2 Å². The number of alkyl halides is 4. The maximum Gasteiger partial charge on any atom is 0.573 e. The minimum Gasteiger partial charge on any atom is -0.489 e. The van der Waals surface area contributed by atoms with Gasteiger partial charge < -0.3 is 9.47 Å². The first-order chi connectivity index (χ1) is 19.7. The smallest absolute Gasteiger partial charge is 0.489 e. The predicted octanol–water partition coefficient (Wildman–Crippen LogP) is 8.27. The van der Waals surface area contributed by atoms with Crippen molar-refractivity contribution in [1.82, 2.24) is 4.90 Å². The first kappa shape index (κ1) is 28.9. The second-order valence-electron chi connectivity index (χ2n) is 10.5. The highest BCUT2D eigenvalue weighted by molar-refractivity contribution is 6.00. The lowest BCUT2D eigenvalue weighted by Gasteiger charge is -2.19. The van der Waals surface area contributed by atoms with Crippen molar-refractivity contribution in [1.29, 1.82) is 0 Å². The molecule has 5 rings (SSSR count). The van der Waals surface area contributed by atoms with Crippen LogP contribution in [0, 0.1) is 6.92 Å². The van der Waals surface area contributed by atoms with Crippen molar-refractivity contribution in [3.63, 3.8) is 0 Å². The molecule has 1 aliphatic carbocycles. The molecule has 0 unspecified atom stereocenters. The number of rotatable bonds is 9. The van der Waals surface area contributed by atoms with Crippen LogP contribution in [0.4, 0.5) is 22.1 Å². The van der Waals surface area contributed by atoms with E-state index < -0.39 is 6.36 Å². The zero-order valence-corrected chi connectivity index (χ0v) is 22.8. The van der Waals surface area contributed by atoms with Crippen LogP contribution in [0.3, 0.4) is 0 Å². The Morgan fingerprint density at radius 1 is 0.927 bits per heavy atom. The molecule has 1 saturated heterocycles. The highest BCUT2D eigenvalue weighted by Crippen LogP contribution is 2.42. The Labute approximate surface area is 236 Å². The Kier molecular flexibility index (Phi) is 8.82. The fourth-order valence-electron chi connectivity index (χ4n) is 5.78. The topological polar surface area (TPSA) is 30.9 Å². The number of allylic oxidation sites excluding steroid dienone is 1. The summed E-state index contributed by atoms with van der Waals surface area (Å²) < 4.78 is 74.6. The van der Waals surface area contributed by atoms with Crippen LogP contribution in [0.2, 0.25) is 0 Å². The van der Waals surface area contributed by atoms with E-state index in [9.17, 15) is 22.1 Å². The third kappa shape index (κ3) is 7.01. The van der Waals surface area contributed by atoms with Crippen molar-refractivity contribution in [3.05, 3.63) is 88.5 Å². The highest BCUT2D eigenvalue weighted by Gasteiger charge is 2.32. The molecular formula is C32H32F5NO3. The van der Waals surface area contributed by atoms with Gasteiger partial charge in [-0.1, -0.05) is 24.3 Å². The van der Waals surface area contributed by atoms with Gasteiger partial charge in [-0.3, -0.25) is 14.2 Å². The molecule has 1 atom stereocenters. The van der Waals surface area contributed by atoms with Gasteiger partial charge in [0.15, 0.2) is 5.75 Å². The van der Waals surface area contributed by atoms with Gasteiger partial charge in [-0.2, -0.15) is 0 Å². The Bertz CT molecular complexity index is 1390. The van der Waals surface area contributed by atoms with Crippen molar-refractivity contribution >= 4 is 11.1 Å². The van der Waals surface area contributed by atoms with Gasteiger partial charge in [0.1, 0.15) is 17.6 Å². The maximum atomic E-state index is 13.0. The van der Waals surface area contributed by atoms with Crippen LogP contribution >= 0.6 is 0 Å². The molecule has 0 N–H and O–H groups in total. The van der Waals surface area contributed by atoms with Gasteiger partial charge >= 0.3 is 6.36 Å². The summed E-state index contributed by atoms with van der Waals surface area (Å²) in [5.41, 5.74) is 5.83. The molecule has 0 bridgehead atoms. The molecule has 4 nitrogen and oxygen atoms in total. The van der Waals surface area contributed by atoms with Crippen molar-refractivity contribution < 1.29 is 36.5 Å². The second kappa shape index (κ2) is 12.5. The van der Waals surface area contributed by atoms with E-state index in [0.29, 0.717) is 24.8 Å². The molecule has 1 heterocycles. The number of benzene rings is 3. The second-order valence-corrected chi connectivity index (χ2v) is 10.5. The van der Waals surface area contributed by atoms with E-state index >= 15 is 0 Å². The number of aryl methyl sites for hydroxylation is 2. The molecular weight excluding hydrogens is 541 g/mol. The summed E-state index contributed by atoms with van der Waals surface area (Å²) in [7, 11) is 0. The summed E-state index contributed by atoms with van der Waals surface area (Å²) in [6.07, 6.45) is -1.21. The minimum absolute atomic E-state index is 0.0355. The number of nitrogens with zero attached hydrogens (tertiary/aromatic N) is 1. The molecule has 218 valence electrons. The standard InChI is InChI=1S/C32H32F5NO3/c1-21-18-24(8-13-30(21)40-32(34,35)36)28-5-2-4-23-19-26(41-37)11-12-29(23)31(28)22-6-9-25(10-7-22)39-27-14-17-38(20-27)16-3-15-33/h6-13,18-19,27H,2-5,14-17,20H2,1H3/t27-/m0/s1. The normalized spacial score (nSPS) is 17.8. The van der Waals surface area contributed by atoms with E-state index in [4.69, 9.17) is 4.74 Å². The van der Waals surface area contributed by atoms with Crippen LogP contribution in [-0.4, -0.2) is 43.7 Å². The largest absolute Gasteiger partial charge is 0.573 e. The fourth-order valence-corrected chi connectivity index (χ4v) is 5.78. The van der Waals surface area contributed by atoms with Crippen LogP contribution in [0.25, 0.3) is 11.1 Å². The lowest BCUT2D eigenvalue weighted by Crippen LogP contribution is -2.26. The Morgan fingerprint density at radius 2 is 1.68 bits per heavy atom. The number of fused-ring (bicyclic) bond motifs is 1. The van der Waals surface area contributed by atoms with E-state index in [2.05, 4.69) is 14.6 Å². The molecule has 1 fully saturated rings. The highest BCUT2D eigenvalue weighted by atomic mass is 19.4. The van der Waals surface area contributed by atoms with Gasteiger partial charge in [-0.05, 0) is 114 Å². The molecule has 41 heavy (non-hydrogen) atoms. The molecule has 9 heteroatoms. The zero-order chi connectivity index (χ0) is 29.0. The zero-order valence-electron chi connectivity index (χ0n) is 22.8. The molecule has 0 spiro atoms. The monoisotopic (exact) mass is 573 g/mol. The van der Waals surface area contributed by atoms with Crippen molar-refractivity contribution in [2.24, 2.45) is 0 Å². The molecule has 2 aliphatic rings. The molecule has 0 saturated carbocycles. The van der Waals surface area contributed by atoms with Crippen LogP contribution in [-0.2, 0) is 6.42 Å². The van der Waals surface area contributed by atoms with Crippen molar-refractivity contribution in [2.45, 2.75) is 51.5 Å². The molecule has 3 aromatic rings. The first-order valence-electron chi connectivity index (χ1n) is 13.8. The summed E-state index contributed by atoms with van der Waals surface area (Å²) in [4.78, 5) is 6.20. The third-order valence-corrected chi connectivity index (χ3v) is 7.64. The summed E-state index contributed by atoms with van der Waals surface area (Å²) in [5.74, 6) is 0.614. The van der Waals surface area contributed by atoms with Crippen LogP contribution in [0.15, 0.2) is 60.7 Å². The fraction of sp³-hybridized carbons (Fsp3) is 0.375. The van der Waals surface area contributed by atoms with Crippen molar-refractivity contribution in [2.75, 3.05) is 26.3 Å². The number of halogens is 5. The Morgan fingerprint density at radius 3 is 2.39 bits per heavy atom. The summed E-state index contributed by atoms with van der Waals surface area (Å²) in [6, 6.07) is 17.6. The lowest BCUT2D eigenvalue weighted by molar-refractivity contribution is -0.274. The Hall–Kier alpha value is -3.59. The summed E-state index contributed by atoms with van der Waals surface area (Å²) in [5, 5.41) is 0. The predicted molar refractivity (Wildman–Crippen MR) is 147 cm³/mol. The number of hydrogen-bond acceptors (Lipinski definition) is 4. The minimum atomic E-state index is -4.77. The number of ether oxygens (including phenoxy) is 2. The number of likely N-dealkylation sites (tertiary alicyclic amines) is 1. The molecule has 0 amide bonds. The van der Waals surface area contributed by atoms with Gasteiger partial charge in [0.05, 0.1) is 6.67 Å². The Balaban J connectivity index is 1.49. The maximum absolute atomic E-state index is 13.0. The van der Waals surface area contributed by atoms with Gasteiger partial charge in [0.2, 0.25) is 0 Å². The van der Waals surface area contributed by atoms with Gasteiger partial charge in [0, 0.05) is 24.2 Å². The van der Waals surface area contributed by atoms with Gasteiger partial charge in [-0.25, -0.2) is 0 Å². The van der Waals surface area contributed by atoms with Crippen LogP contribution in [0.5, 0.6) is 17.2 Å². The van der Waals surface area contributed by atoms with Gasteiger partial charge in [-0.15, -0.1) is 13.2 Å². The summed E-state index contributed by atoms with van der Waals surface area (Å²) >= 11 is 0. The average Bonchev–Trinajstić information content (AvgIpc) is 3.30. The lowest BCUT2D eigenvalue weighted by atomic mass is 9.87. The van der Waals surface area contributed by atoms with Gasteiger partial charge in [0.25, 0.3) is 0 Å². The number of hydrogen-bond donors (Lipinski definition) is 0. The summed E-state index contributed by atoms with van der Waals surface area (Å²) in [6.45, 7) is 3.64. The molecule has 0 aromatic heterocycles. The molecule has 3 aromatic carbocycles. The first-order valence-corrected chi connectivity index (χ1v) is 13.8. The van der Waals surface area contributed by atoms with Crippen LogP contribution < -0.4 is 14.4 Å². The SMILES string of the molecule is Cc1cc(C2=C(c3ccc(O[C@H]4CCN(CCCF)C4)cc3)c3ccc(OF)cc3CCC2)ccc1OC(F)(F)F. The van der Waals surface area contributed by atoms with Crippen LogP contribution in [0.1, 0.15) is 53.5 Å². The van der Waals surface area contributed by atoms with E-state index in [1.165, 1.54) is 6.07 Å². The van der Waals surface area contributed by atoms with E-state index in [1.807, 2.05) is 30.3 Å². The molecule has 1 aliphatic heterocycles. The molecule has 0 radical (unpaired) electrons. The van der Waals surface area contributed by atoms with E-state index in [0.717, 1.165) is 71.6 Å². The van der Waals surface area contributed by atoms with E-state index in [1.54, 1.807) is 31.2 Å². The van der Waals surface area contributed by atoms with E-state index in [-0.39, 0.29) is 24.3 Å². The average molecular weight is 574 g/mol.